The van der Waals surface area contributed by atoms with E-state index in [9.17, 15) is 9.59 Å². The van der Waals surface area contributed by atoms with Gasteiger partial charge in [-0.05, 0) is 43.2 Å². The molecule has 0 saturated heterocycles. The molecule has 0 saturated carbocycles. The zero-order chi connectivity index (χ0) is 23.5. The van der Waals surface area contributed by atoms with Gasteiger partial charge in [0, 0.05) is 0 Å². The van der Waals surface area contributed by atoms with Crippen molar-refractivity contribution in [1.82, 2.24) is 4.57 Å². The Labute approximate surface area is 194 Å². The normalized spacial score (nSPS) is 15.6. The molecule has 1 atom stereocenters. The van der Waals surface area contributed by atoms with Crippen LogP contribution in [0.2, 0.25) is 0 Å². The smallest absolute Gasteiger partial charge is 0.338 e. The van der Waals surface area contributed by atoms with Crippen molar-refractivity contribution in [3.63, 3.8) is 0 Å². The zero-order valence-electron chi connectivity index (χ0n) is 18.8. The maximum absolute atomic E-state index is 13.6. The van der Waals surface area contributed by atoms with Gasteiger partial charge in [0.2, 0.25) is 0 Å². The second-order valence-electron chi connectivity index (χ2n) is 7.33. The number of allylic oxidation sites excluding steroid dienone is 1. The van der Waals surface area contributed by atoms with E-state index < -0.39 is 12.0 Å². The molecule has 7 nitrogen and oxygen atoms in total. The molecule has 170 valence electrons. The minimum Gasteiger partial charge on any atom is -0.493 e. The summed E-state index contributed by atoms with van der Waals surface area (Å²) >= 11 is 1.29. The van der Waals surface area contributed by atoms with Crippen LogP contribution in [0.5, 0.6) is 11.5 Å². The highest BCUT2D eigenvalue weighted by molar-refractivity contribution is 7.07. The molecule has 8 heteroatoms. The minimum absolute atomic E-state index is 0.215. The second kappa shape index (κ2) is 9.46. The monoisotopic (exact) mass is 464 g/mol. The third-order valence-electron chi connectivity index (χ3n) is 5.34. The Kier molecular flexibility index (Phi) is 6.46. The van der Waals surface area contributed by atoms with E-state index in [1.807, 2.05) is 42.5 Å². The van der Waals surface area contributed by atoms with E-state index >= 15 is 0 Å². The van der Waals surface area contributed by atoms with Gasteiger partial charge in [-0.15, -0.1) is 0 Å². The highest BCUT2D eigenvalue weighted by Crippen LogP contribution is 2.36. The van der Waals surface area contributed by atoms with Crippen molar-refractivity contribution in [2.75, 3.05) is 20.8 Å². The van der Waals surface area contributed by atoms with Crippen LogP contribution in [0, 0.1) is 0 Å². The van der Waals surface area contributed by atoms with Crippen LogP contribution >= 0.6 is 11.3 Å². The predicted octanol–water partition coefficient (Wildman–Crippen LogP) is 2.82. The second-order valence-corrected chi connectivity index (χ2v) is 8.34. The maximum Gasteiger partial charge on any atom is 0.338 e. The Hall–Kier alpha value is -3.65. The van der Waals surface area contributed by atoms with Gasteiger partial charge < -0.3 is 14.2 Å². The molecule has 2 aromatic carbocycles. The van der Waals surface area contributed by atoms with Crippen LogP contribution in [-0.4, -0.2) is 31.4 Å². The van der Waals surface area contributed by atoms with Crippen LogP contribution < -0.4 is 24.4 Å². The summed E-state index contributed by atoms with van der Waals surface area (Å²) in [6.45, 7) is 3.72. The summed E-state index contributed by atoms with van der Waals surface area (Å²) in [6.07, 6.45) is 1.83. The molecular weight excluding hydrogens is 440 g/mol. The molecule has 0 radical (unpaired) electrons. The fourth-order valence-electron chi connectivity index (χ4n) is 3.83. The van der Waals surface area contributed by atoms with Gasteiger partial charge in [-0.1, -0.05) is 47.7 Å². The number of ether oxygens (including phenoxy) is 3. The Bertz CT molecular complexity index is 1400. The summed E-state index contributed by atoms with van der Waals surface area (Å²) in [5.41, 5.74) is 2.21. The molecule has 0 fully saturated rings. The van der Waals surface area contributed by atoms with Gasteiger partial charge in [0.1, 0.15) is 0 Å². The lowest BCUT2D eigenvalue weighted by Crippen LogP contribution is -2.39. The first-order valence-corrected chi connectivity index (χ1v) is 11.3. The molecule has 0 N–H and O–H groups in total. The van der Waals surface area contributed by atoms with E-state index in [0.29, 0.717) is 37.7 Å². The van der Waals surface area contributed by atoms with Crippen molar-refractivity contribution in [3.8, 4) is 11.5 Å². The first-order chi connectivity index (χ1) is 16.0. The van der Waals surface area contributed by atoms with Gasteiger partial charge in [0.15, 0.2) is 16.3 Å². The number of carbonyl (C=O) groups excluding carboxylic acids is 1. The number of methoxy groups -OCH3 is 2. The number of aromatic nitrogens is 1. The summed E-state index contributed by atoms with van der Waals surface area (Å²) in [4.78, 5) is 31.6. The largest absolute Gasteiger partial charge is 0.493 e. The van der Waals surface area contributed by atoms with Crippen molar-refractivity contribution in [2.24, 2.45) is 4.99 Å². The lowest BCUT2D eigenvalue weighted by atomic mass is 9.95. The standard InChI is InChI=1S/C25H24N2O5S/c1-5-32-24(29)21-15(2)26-25-27(22(21)17-11-12-18(30-3)19(14-17)31-4)23(28)20(33-25)13-16-9-7-6-8-10-16/h6-14,22H,5H2,1-4H3/b20-13-/t22-/m0/s1. The number of hydrogen-bond donors (Lipinski definition) is 0. The predicted molar refractivity (Wildman–Crippen MR) is 126 cm³/mol. The Morgan fingerprint density at radius 2 is 1.85 bits per heavy atom. The number of hydrogen-bond acceptors (Lipinski definition) is 7. The highest BCUT2D eigenvalue weighted by atomic mass is 32.1. The van der Waals surface area contributed by atoms with Gasteiger partial charge >= 0.3 is 5.97 Å². The molecule has 0 unspecified atom stereocenters. The van der Waals surface area contributed by atoms with E-state index in [-0.39, 0.29) is 12.2 Å². The average molecular weight is 465 g/mol. The molecule has 0 spiro atoms. The topological polar surface area (TPSA) is 79.1 Å². The maximum atomic E-state index is 13.6. The molecule has 2 heterocycles. The molecule has 0 bridgehead atoms. The number of carbonyl (C=O) groups is 1. The average Bonchev–Trinajstić information content (AvgIpc) is 3.12. The summed E-state index contributed by atoms with van der Waals surface area (Å²) in [5.74, 6) is 0.547. The van der Waals surface area contributed by atoms with Gasteiger partial charge in [-0.2, -0.15) is 0 Å². The van der Waals surface area contributed by atoms with E-state index in [0.717, 1.165) is 5.56 Å². The van der Waals surface area contributed by atoms with E-state index in [4.69, 9.17) is 14.2 Å². The van der Waals surface area contributed by atoms with Crippen LogP contribution in [0.3, 0.4) is 0 Å². The summed E-state index contributed by atoms with van der Waals surface area (Å²) in [5, 5.41) is 0. The number of rotatable bonds is 6. The molecule has 3 aromatic rings. The molecule has 33 heavy (non-hydrogen) atoms. The van der Waals surface area contributed by atoms with Crippen molar-refractivity contribution in [1.29, 1.82) is 0 Å². The van der Waals surface area contributed by atoms with E-state index in [1.54, 1.807) is 44.8 Å². The molecule has 0 amide bonds. The van der Waals surface area contributed by atoms with E-state index in [2.05, 4.69) is 4.99 Å². The lowest BCUT2D eigenvalue weighted by molar-refractivity contribution is -0.139. The third kappa shape index (κ3) is 4.21. The number of esters is 1. The van der Waals surface area contributed by atoms with Crippen LogP contribution in [0.15, 0.2) is 69.6 Å². The number of benzene rings is 2. The lowest BCUT2D eigenvalue weighted by Gasteiger charge is -2.25. The van der Waals surface area contributed by atoms with Crippen molar-refractivity contribution in [2.45, 2.75) is 19.9 Å². The van der Waals surface area contributed by atoms with Gasteiger partial charge in [0.05, 0.1) is 42.7 Å². The van der Waals surface area contributed by atoms with Crippen LogP contribution in [0.1, 0.15) is 31.0 Å². The number of nitrogens with zero attached hydrogens (tertiary/aromatic N) is 2. The van der Waals surface area contributed by atoms with Gasteiger partial charge in [0.25, 0.3) is 5.56 Å². The van der Waals surface area contributed by atoms with Gasteiger partial charge in [-0.25, -0.2) is 9.79 Å². The summed E-state index contributed by atoms with van der Waals surface area (Å²) in [7, 11) is 3.10. The Morgan fingerprint density at radius 1 is 1.12 bits per heavy atom. The van der Waals surface area contributed by atoms with Gasteiger partial charge in [-0.3, -0.25) is 9.36 Å². The van der Waals surface area contributed by atoms with Crippen LogP contribution in [0.25, 0.3) is 6.08 Å². The zero-order valence-corrected chi connectivity index (χ0v) is 19.6. The number of fused-ring (bicyclic) bond motifs is 1. The first kappa shape index (κ1) is 22.5. The summed E-state index contributed by atoms with van der Waals surface area (Å²) < 4.78 is 18.2. The fraction of sp³-hybridized carbons (Fsp3) is 0.240. The first-order valence-electron chi connectivity index (χ1n) is 10.4. The molecule has 1 aliphatic rings. The van der Waals surface area contributed by atoms with E-state index in [1.165, 1.54) is 11.3 Å². The molecule has 0 aliphatic carbocycles. The molecule has 4 rings (SSSR count). The van der Waals surface area contributed by atoms with Crippen molar-refractivity contribution >= 4 is 23.4 Å². The third-order valence-corrected chi connectivity index (χ3v) is 6.32. The SMILES string of the molecule is CCOC(=O)C1=C(C)N=c2s/c(=C\c3ccccc3)c(=O)n2[C@H]1c1ccc(OC)c(OC)c1. The highest BCUT2D eigenvalue weighted by Gasteiger charge is 2.33. The van der Waals surface area contributed by atoms with Crippen molar-refractivity contribution in [3.05, 3.63) is 90.6 Å². The van der Waals surface area contributed by atoms with Crippen molar-refractivity contribution < 1.29 is 19.0 Å². The quantitative estimate of drug-likeness (QED) is 0.524. The molecule has 1 aromatic heterocycles. The van der Waals surface area contributed by atoms with Crippen LogP contribution in [-0.2, 0) is 9.53 Å². The number of thiazole rings is 1. The fourth-order valence-corrected chi connectivity index (χ4v) is 4.88. The molecular formula is C25H24N2O5S. The van der Waals surface area contributed by atoms with Crippen LogP contribution in [0.4, 0.5) is 0 Å². The Balaban J connectivity index is 1.98. The molecule has 1 aliphatic heterocycles. The summed E-state index contributed by atoms with van der Waals surface area (Å²) in [6, 6.07) is 14.2. The minimum atomic E-state index is -0.710. The Morgan fingerprint density at radius 3 is 2.52 bits per heavy atom.